The summed E-state index contributed by atoms with van der Waals surface area (Å²) in [5.74, 6) is -0.316. The Balaban J connectivity index is 1.15. The van der Waals surface area contributed by atoms with Crippen LogP contribution in [0, 0.1) is 17.6 Å². The second kappa shape index (κ2) is 10.7. The van der Waals surface area contributed by atoms with Gasteiger partial charge in [0.1, 0.15) is 41.4 Å². The Hall–Kier alpha value is -3.70. The highest BCUT2D eigenvalue weighted by atomic mass is 19.1. The Morgan fingerprint density at radius 1 is 1.00 bits per heavy atom. The summed E-state index contributed by atoms with van der Waals surface area (Å²) in [6.07, 6.45) is 8.70. The number of benzene rings is 2. The highest BCUT2D eigenvalue weighted by molar-refractivity contribution is 6.00. The smallest absolute Gasteiger partial charge is 0.319 e. The van der Waals surface area contributed by atoms with Crippen molar-refractivity contribution in [1.29, 1.82) is 0 Å². The molecule has 2 aromatic carbocycles. The van der Waals surface area contributed by atoms with Crippen molar-refractivity contribution in [2.24, 2.45) is 5.92 Å². The van der Waals surface area contributed by atoms with Crippen molar-refractivity contribution in [3.63, 3.8) is 0 Å². The Morgan fingerprint density at radius 2 is 1.83 bits per heavy atom. The largest absolute Gasteiger partial charge is 0.508 e. The summed E-state index contributed by atoms with van der Waals surface area (Å²) in [6, 6.07) is 8.33. The minimum Gasteiger partial charge on any atom is -0.508 e. The van der Waals surface area contributed by atoms with Gasteiger partial charge in [0.25, 0.3) is 0 Å². The molecule has 46 heavy (non-hydrogen) atoms. The van der Waals surface area contributed by atoms with Gasteiger partial charge in [0.05, 0.1) is 10.9 Å². The first kappa shape index (κ1) is 28.5. The molecule has 2 aromatic heterocycles. The van der Waals surface area contributed by atoms with E-state index in [1.807, 2.05) is 0 Å². The highest BCUT2D eigenvalue weighted by Gasteiger charge is 2.57. The number of alkyl halides is 1. The number of anilines is 1. The number of hydrogen-bond donors (Lipinski definition) is 2. The number of phenols is 1. The van der Waals surface area contributed by atoms with E-state index >= 15 is 8.78 Å². The van der Waals surface area contributed by atoms with Gasteiger partial charge in [-0.05, 0) is 61.6 Å². The molecular weight excluding hydrogens is 593 g/mol. The number of phenolic OH excluding ortho intramolecular Hbond substituents is 1. The predicted octanol–water partition coefficient (Wildman–Crippen LogP) is 5.89. The molecule has 2 bridgehead atoms. The van der Waals surface area contributed by atoms with Crippen LogP contribution in [0.25, 0.3) is 32.9 Å². The normalized spacial score (nSPS) is 30.7. The van der Waals surface area contributed by atoms with Crippen LogP contribution < -0.4 is 15.0 Å². The van der Waals surface area contributed by atoms with Gasteiger partial charge in [-0.15, -0.1) is 0 Å². The van der Waals surface area contributed by atoms with Crippen molar-refractivity contribution in [3.8, 4) is 23.0 Å². The van der Waals surface area contributed by atoms with Crippen LogP contribution in [0.4, 0.5) is 19.0 Å². The molecule has 0 radical (unpaired) electrons. The molecule has 6 heterocycles. The molecular formula is C35H37F3N6O2. The Morgan fingerprint density at radius 3 is 2.67 bits per heavy atom. The molecule has 5 fully saturated rings. The average Bonchev–Trinajstić information content (AvgIpc) is 3.66. The zero-order valence-electron chi connectivity index (χ0n) is 25.6. The van der Waals surface area contributed by atoms with Gasteiger partial charge in [-0.2, -0.15) is 9.97 Å². The van der Waals surface area contributed by atoms with Gasteiger partial charge in [-0.1, -0.05) is 25.0 Å². The zero-order chi connectivity index (χ0) is 31.2. The average molecular weight is 631 g/mol. The van der Waals surface area contributed by atoms with E-state index in [9.17, 15) is 9.50 Å². The molecule has 1 aliphatic carbocycles. The van der Waals surface area contributed by atoms with Gasteiger partial charge >= 0.3 is 6.01 Å². The van der Waals surface area contributed by atoms with Crippen LogP contribution in [0.15, 0.2) is 36.5 Å². The second-order valence-electron chi connectivity index (χ2n) is 14.2. The summed E-state index contributed by atoms with van der Waals surface area (Å²) in [7, 11) is 0. The standard InChI is InChI=1S/C35H37F3N6O2/c36-21-13-35(12-20-4-1-2-7-28(20)44(35)15-21)18-46-34-41-32-26(33(42-34)43-16-22-8-9-23(17-43)40-22)14-39-31(30(32)38)25-11-24(45)10-19-5-3-6-27(37)29(19)25/h3,5-6,10-11,14,20-23,28,40,45H,1-2,4,7-9,12-13,15-18H2/t20-,21-,22?,23?,28-,35-/m0/s1. The van der Waals surface area contributed by atoms with E-state index in [2.05, 4.69) is 25.1 Å². The maximum atomic E-state index is 16.7. The third-order valence-corrected chi connectivity index (χ3v) is 11.3. The number of hydrogen-bond acceptors (Lipinski definition) is 8. The Labute approximate surface area is 265 Å². The molecule has 0 spiro atoms. The van der Waals surface area contributed by atoms with E-state index in [-0.39, 0.29) is 40.5 Å². The zero-order valence-corrected chi connectivity index (χ0v) is 25.6. The van der Waals surface area contributed by atoms with Crippen molar-refractivity contribution in [2.45, 2.75) is 81.2 Å². The minimum absolute atomic E-state index is 0.0212. The number of aromatic nitrogens is 3. The van der Waals surface area contributed by atoms with Gasteiger partial charge in [0.15, 0.2) is 5.82 Å². The summed E-state index contributed by atoms with van der Waals surface area (Å²) in [6.45, 7) is 2.08. The van der Waals surface area contributed by atoms with Gasteiger partial charge in [-0.3, -0.25) is 9.88 Å². The predicted molar refractivity (Wildman–Crippen MR) is 169 cm³/mol. The molecule has 9 rings (SSSR count). The lowest BCUT2D eigenvalue weighted by atomic mass is 9.81. The number of aromatic hydroxyl groups is 1. The van der Waals surface area contributed by atoms with Gasteiger partial charge < -0.3 is 20.1 Å². The molecule has 4 aliphatic heterocycles. The second-order valence-corrected chi connectivity index (χ2v) is 14.2. The quantitative estimate of drug-likeness (QED) is 0.282. The number of halogens is 3. The summed E-state index contributed by atoms with van der Waals surface area (Å²) < 4.78 is 53.2. The molecule has 5 aliphatic rings. The van der Waals surface area contributed by atoms with Gasteiger partial charge in [0, 0.05) is 61.3 Å². The van der Waals surface area contributed by atoms with E-state index in [1.165, 1.54) is 31.0 Å². The lowest BCUT2D eigenvalue weighted by Crippen LogP contribution is -2.51. The number of rotatable bonds is 5. The topological polar surface area (TPSA) is 86.6 Å². The monoisotopic (exact) mass is 630 g/mol. The molecule has 240 valence electrons. The first-order chi connectivity index (χ1) is 22.3. The third-order valence-electron chi connectivity index (χ3n) is 11.3. The minimum atomic E-state index is -0.903. The van der Waals surface area contributed by atoms with Crippen LogP contribution in [0.1, 0.15) is 51.4 Å². The molecule has 6 atom stereocenters. The van der Waals surface area contributed by atoms with E-state index < -0.39 is 23.3 Å². The number of nitrogens with zero attached hydrogens (tertiary/aromatic N) is 5. The Bertz CT molecular complexity index is 1850. The first-order valence-electron chi connectivity index (χ1n) is 16.7. The van der Waals surface area contributed by atoms with E-state index in [4.69, 9.17) is 9.72 Å². The van der Waals surface area contributed by atoms with Gasteiger partial charge in [-0.25, -0.2) is 13.2 Å². The van der Waals surface area contributed by atoms with Crippen molar-refractivity contribution in [1.82, 2.24) is 25.2 Å². The fraction of sp³-hybridized carbons (Fsp3) is 0.514. The fourth-order valence-corrected chi connectivity index (χ4v) is 9.45. The van der Waals surface area contributed by atoms with Crippen molar-refractivity contribution >= 4 is 27.5 Å². The summed E-state index contributed by atoms with van der Waals surface area (Å²) in [5, 5.41) is 15.1. The molecule has 1 saturated carbocycles. The van der Waals surface area contributed by atoms with Crippen LogP contribution in [-0.4, -0.2) is 81.0 Å². The summed E-state index contributed by atoms with van der Waals surface area (Å²) in [4.78, 5) is 18.5. The molecule has 8 nitrogen and oxygen atoms in total. The SMILES string of the molecule is Oc1cc(-c2ncc3c(N4CC5CCC(C4)N5)nc(OC[C@]45C[C@H](F)CN4[C@H]4CCCC[C@H]4C5)nc3c2F)c2c(F)cccc2c1. The first-order valence-corrected chi connectivity index (χ1v) is 16.7. The molecule has 4 saturated heterocycles. The van der Waals surface area contributed by atoms with Crippen LogP contribution in [0.3, 0.4) is 0 Å². The molecule has 2 N–H and O–H groups in total. The van der Waals surface area contributed by atoms with Crippen LogP contribution in [0.5, 0.6) is 11.8 Å². The maximum absolute atomic E-state index is 16.7. The Kier molecular flexibility index (Phi) is 6.61. The maximum Gasteiger partial charge on any atom is 0.319 e. The molecule has 4 aromatic rings. The third kappa shape index (κ3) is 4.52. The number of nitrogens with one attached hydrogen (secondary N) is 1. The highest BCUT2D eigenvalue weighted by Crippen LogP contribution is 2.51. The van der Waals surface area contributed by atoms with Crippen molar-refractivity contribution in [2.75, 3.05) is 31.1 Å². The van der Waals surface area contributed by atoms with E-state index in [0.29, 0.717) is 66.7 Å². The van der Waals surface area contributed by atoms with Gasteiger partial charge in [0.2, 0.25) is 0 Å². The molecule has 2 unspecified atom stereocenters. The number of pyridine rings is 1. The number of piperazine rings is 1. The van der Waals surface area contributed by atoms with Crippen LogP contribution in [0.2, 0.25) is 0 Å². The summed E-state index contributed by atoms with van der Waals surface area (Å²) >= 11 is 0. The van der Waals surface area contributed by atoms with Crippen LogP contribution in [-0.2, 0) is 0 Å². The number of fused-ring (bicyclic) bond motifs is 7. The van der Waals surface area contributed by atoms with E-state index in [0.717, 1.165) is 32.1 Å². The summed E-state index contributed by atoms with van der Waals surface area (Å²) in [5.41, 5.74) is -0.382. The molecule has 11 heteroatoms. The number of ether oxygens (including phenoxy) is 1. The van der Waals surface area contributed by atoms with Crippen LogP contribution >= 0.6 is 0 Å². The van der Waals surface area contributed by atoms with Crippen molar-refractivity contribution in [3.05, 3.63) is 48.2 Å². The van der Waals surface area contributed by atoms with E-state index in [1.54, 1.807) is 18.3 Å². The van der Waals surface area contributed by atoms with Crippen molar-refractivity contribution < 1.29 is 23.0 Å². The molecule has 0 amide bonds. The lowest BCUT2D eigenvalue weighted by Gasteiger charge is -2.36. The lowest BCUT2D eigenvalue weighted by molar-refractivity contribution is 0.0775. The fourth-order valence-electron chi connectivity index (χ4n) is 9.45.